The Bertz CT molecular complexity index is 264. The fraction of sp³-hybridized carbons (Fsp3) is 0.923. The third-order valence-electron chi connectivity index (χ3n) is 3.77. The second-order valence-corrected chi connectivity index (χ2v) is 5.41. The van der Waals surface area contributed by atoms with Crippen molar-refractivity contribution in [1.29, 1.82) is 0 Å². The Labute approximate surface area is 129 Å². The maximum atomic E-state index is 12.0. The summed E-state index contributed by atoms with van der Waals surface area (Å²) in [6.45, 7) is 9.21. The summed E-state index contributed by atoms with van der Waals surface area (Å²) in [6.07, 6.45) is 2.44. The highest BCUT2D eigenvalue weighted by Crippen LogP contribution is 2.17. The SMILES string of the molecule is CCN1CCCC1CN(C)C(=O)[C@@H](N)C(C)C.Cl.Cl. The summed E-state index contributed by atoms with van der Waals surface area (Å²) in [5.41, 5.74) is 5.90. The average molecular weight is 314 g/mol. The minimum absolute atomic E-state index is 0. The molecule has 1 aliphatic rings. The molecule has 0 spiro atoms. The predicted octanol–water partition coefficient (Wildman–Crippen LogP) is 1.76. The van der Waals surface area contributed by atoms with Crippen LogP contribution >= 0.6 is 24.8 Å². The lowest BCUT2D eigenvalue weighted by Crippen LogP contribution is -2.48. The first-order valence-electron chi connectivity index (χ1n) is 6.72. The fourth-order valence-electron chi connectivity index (χ4n) is 2.46. The maximum absolute atomic E-state index is 12.0. The van der Waals surface area contributed by atoms with Crippen LogP contribution in [0.4, 0.5) is 0 Å². The van der Waals surface area contributed by atoms with Crippen molar-refractivity contribution in [2.24, 2.45) is 11.7 Å². The average Bonchev–Trinajstić information content (AvgIpc) is 2.73. The molecule has 4 nitrogen and oxygen atoms in total. The van der Waals surface area contributed by atoms with Crippen molar-refractivity contribution in [3.05, 3.63) is 0 Å². The number of halogens is 2. The summed E-state index contributed by atoms with van der Waals surface area (Å²) < 4.78 is 0. The third kappa shape index (κ3) is 5.86. The van der Waals surface area contributed by atoms with Gasteiger partial charge in [0.25, 0.3) is 0 Å². The molecule has 1 aliphatic heterocycles. The van der Waals surface area contributed by atoms with Gasteiger partial charge in [-0.2, -0.15) is 0 Å². The number of nitrogens with two attached hydrogens (primary N) is 1. The van der Waals surface area contributed by atoms with Crippen LogP contribution < -0.4 is 5.73 Å². The summed E-state index contributed by atoms with van der Waals surface area (Å²) >= 11 is 0. The normalized spacial score (nSPS) is 20.6. The topological polar surface area (TPSA) is 49.6 Å². The number of carbonyl (C=O) groups is 1. The van der Waals surface area contributed by atoms with Crippen molar-refractivity contribution >= 4 is 30.7 Å². The Balaban J connectivity index is 0. The van der Waals surface area contributed by atoms with E-state index in [1.165, 1.54) is 19.4 Å². The second kappa shape index (κ2) is 9.81. The highest BCUT2D eigenvalue weighted by atomic mass is 35.5. The lowest BCUT2D eigenvalue weighted by atomic mass is 10.0. The van der Waals surface area contributed by atoms with Crippen LogP contribution in [0, 0.1) is 5.92 Å². The highest BCUT2D eigenvalue weighted by Gasteiger charge is 2.27. The van der Waals surface area contributed by atoms with Crippen molar-refractivity contribution in [3.8, 4) is 0 Å². The zero-order valence-electron chi connectivity index (χ0n) is 12.5. The Hall–Kier alpha value is -0.0300. The third-order valence-corrected chi connectivity index (χ3v) is 3.77. The molecule has 0 aromatic heterocycles. The first kappa shape index (κ1) is 21.3. The van der Waals surface area contributed by atoms with Gasteiger partial charge in [-0.1, -0.05) is 20.8 Å². The molecule has 2 N–H and O–H groups in total. The van der Waals surface area contributed by atoms with Crippen LogP contribution in [0.2, 0.25) is 0 Å². The highest BCUT2D eigenvalue weighted by molar-refractivity contribution is 5.85. The predicted molar refractivity (Wildman–Crippen MR) is 85.2 cm³/mol. The number of hydrogen-bond donors (Lipinski definition) is 1. The Morgan fingerprint density at radius 1 is 1.42 bits per heavy atom. The van der Waals surface area contributed by atoms with Crippen molar-refractivity contribution < 1.29 is 4.79 Å². The molecule has 1 heterocycles. The van der Waals surface area contributed by atoms with Gasteiger partial charge in [0.1, 0.15) is 0 Å². The number of amides is 1. The number of likely N-dealkylation sites (N-methyl/N-ethyl adjacent to an activating group) is 2. The largest absolute Gasteiger partial charge is 0.343 e. The molecule has 2 atom stereocenters. The van der Waals surface area contributed by atoms with Gasteiger partial charge in [-0.25, -0.2) is 0 Å². The van der Waals surface area contributed by atoms with Gasteiger partial charge in [0.2, 0.25) is 5.91 Å². The lowest BCUT2D eigenvalue weighted by Gasteiger charge is -2.30. The minimum atomic E-state index is -0.364. The Kier molecular flexibility index (Phi) is 11.0. The van der Waals surface area contributed by atoms with Crippen LogP contribution in [-0.4, -0.2) is 54.5 Å². The number of carbonyl (C=O) groups excluding carboxylic acids is 1. The van der Waals surface area contributed by atoms with Gasteiger partial charge in [0.05, 0.1) is 6.04 Å². The van der Waals surface area contributed by atoms with Crippen molar-refractivity contribution in [1.82, 2.24) is 9.80 Å². The number of hydrogen-bond acceptors (Lipinski definition) is 3. The molecule has 0 aromatic rings. The van der Waals surface area contributed by atoms with Gasteiger partial charge in [0.15, 0.2) is 0 Å². The Morgan fingerprint density at radius 3 is 2.47 bits per heavy atom. The van der Waals surface area contributed by atoms with E-state index in [4.69, 9.17) is 5.73 Å². The first-order chi connectivity index (χ1) is 7.97. The van der Waals surface area contributed by atoms with Crippen LogP contribution in [0.1, 0.15) is 33.6 Å². The van der Waals surface area contributed by atoms with E-state index in [1.807, 2.05) is 25.8 Å². The molecule has 116 valence electrons. The molecule has 0 bridgehead atoms. The van der Waals surface area contributed by atoms with E-state index in [1.54, 1.807) is 0 Å². The van der Waals surface area contributed by atoms with E-state index in [0.717, 1.165) is 13.1 Å². The molecule has 1 amide bonds. The van der Waals surface area contributed by atoms with Gasteiger partial charge in [0, 0.05) is 19.6 Å². The van der Waals surface area contributed by atoms with E-state index in [2.05, 4.69) is 11.8 Å². The number of nitrogens with zero attached hydrogens (tertiary/aromatic N) is 2. The van der Waals surface area contributed by atoms with E-state index in [-0.39, 0.29) is 42.7 Å². The molecular weight excluding hydrogens is 285 g/mol. The maximum Gasteiger partial charge on any atom is 0.239 e. The molecule has 0 radical (unpaired) electrons. The summed E-state index contributed by atoms with van der Waals surface area (Å²) in [5, 5.41) is 0. The molecule has 1 unspecified atom stereocenters. The monoisotopic (exact) mass is 313 g/mol. The second-order valence-electron chi connectivity index (χ2n) is 5.41. The van der Waals surface area contributed by atoms with Crippen LogP contribution in [0.5, 0.6) is 0 Å². The van der Waals surface area contributed by atoms with Gasteiger partial charge in [-0.15, -0.1) is 24.8 Å². The lowest BCUT2D eigenvalue weighted by molar-refractivity contribution is -0.132. The molecule has 0 aliphatic carbocycles. The van der Waals surface area contributed by atoms with E-state index in [9.17, 15) is 4.79 Å². The van der Waals surface area contributed by atoms with Crippen LogP contribution in [-0.2, 0) is 4.79 Å². The van der Waals surface area contributed by atoms with Crippen LogP contribution in [0.15, 0.2) is 0 Å². The molecule has 1 saturated heterocycles. The summed E-state index contributed by atoms with van der Waals surface area (Å²) in [7, 11) is 1.87. The molecule has 0 aromatic carbocycles. The smallest absolute Gasteiger partial charge is 0.239 e. The molecule has 6 heteroatoms. The van der Waals surface area contributed by atoms with Gasteiger partial charge >= 0.3 is 0 Å². The number of likely N-dealkylation sites (tertiary alicyclic amines) is 1. The van der Waals surface area contributed by atoms with Gasteiger partial charge in [-0.3, -0.25) is 9.69 Å². The number of rotatable bonds is 5. The molecule has 19 heavy (non-hydrogen) atoms. The first-order valence-corrected chi connectivity index (χ1v) is 6.72. The zero-order chi connectivity index (χ0) is 13.0. The van der Waals surface area contributed by atoms with E-state index < -0.39 is 0 Å². The molecule has 1 rings (SSSR count). The van der Waals surface area contributed by atoms with E-state index in [0.29, 0.717) is 6.04 Å². The standard InChI is InChI=1S/C13H27N3O.2ClH/c1-5-16-8-6-7-11(16)9-15(4)13(17)12(14)10(2)3;;/h10-12H,5-9,14H2,1-4H3;2*1H/t11?,12-;;/m0../s1. The van der Waals surface area contributed by atoms with E-state index >= 15 is 0 Å². The van der Waals surface area contributed by atoms with Crippen molar-refractivity contribution in [2.45, 2.75) is 45.7 Å². The van der Waals surface area contributed by atoms with Crippen molar-refractivity contribution in [2.75, 3.05) is 26.7 Å². The van der Waals surface area contributed by atoms with Crippen molar-refractivity contribution in [3.63, 3.8) is 0 Å². The zero-order valence-corrected chi connectivity index (χ0v) is 14.1. The van der Waals surface area contributed by atoms with Crippen LogP contribution in [0.25, 0.3) is 0 Å². The van der Waals surface area contributed by atoms with Crippen LogP contribution in [0.3, 0.4) is 0 Å². The van der Waals surface area contributed by atoms with Gasteiger partial charge in [-0.05, 0) is 31.8 Å². The van der Waals surface area contributed by atoms with Gasteiger partial charge < -0.3 is 10.6 Å². The summed E-state index contributed by atoms with van der Waals surface area (Å²) in [6, 6.07) is 0.157. The fourth-order valence-corrected chi connectivity index (χ4v) is 2.46. The molecular formula is C13H29Cl2N3O. The molecule has 1 fully saturated rings. The molecule has 0 saturated carbocycles. The summed E-state index contributed by atoms with van der Waals surface area (Å²) in [4.78, 5) is 16.3. The minimum Gasteiger partial charge on any atom is -0.343 e. The Morgan fingerprint density at radius 2 is 2.00 bits per heavy atom. The quantitative estimate of drug-likeness (QED) is 0.841. The summed E-state index contributed by atoms with van der Waals surface area (Å²) in [5.74, 6) is 0.277.